The van der Waals surface area contributed by atoms with E-state index in [-0.39, 0.29) is 11.1 Å². The summed E-state index contributed by atoms with van der Waals surface area (Å²) < 4.78 is 0. The summed E-state index contributed by atoms with van der Waals surface area (Å²) in [5.74, 6) is 0. The Morgan fingerprint density at radius 3 is 1.36 bits per heavy atom. The minimum Gasteiger partial charge on any atom is -0.314 e. The maximum absolute atomic E-state index is 3.71. The van der Waals surface area contributed by atoms with Crippen LogP contribution in [-0.4, -0.2) is 49.3 Å². The summed E-state index contributed by atoms with van der Waals surface area (Å²) >= 11 is 0. The highest BCUT2D eigenvalue weighted by Crippen LogP contribution is 2.13. The molecular weight excluding hydrogens is 272 g/mol. The van der Waals surface area contributed by atoms with Gasteiger partial charge in [-0.15, -0.1) is 0 Å². The van der Waals surface area contributed by atoms with E-state index < -0.39 is 0 Å². The first-order valence-electron chi connectivity index (χ1n) is 9.17. The zero-order chi connectivity index (χ0) is 16.6. The smallest absolute Gasteiger partial charge is 0.0139 e. The van der Waals surface area contributed by atoms with E-state index in [2.05, 4.69) is 62.8 Å². The Hall–Kier alpha value is -0.160. The molecule has 2 atom stereocenters. The molecule has 0 aromatic rings. The van der Waals surface area contributed by atoms with Crippen molar-refractivity contribution in [1.82, 2.24) is 21.3 Å². The highest BCUT2D eigenvalue weighted by Gasteiger charge is 2.22. The Morgan fingerprint density at radius 1 is 0.636 bits per heavy atom. The molecule has 0 aromatic carbocycles. The standard InChI is InChI=1S/C18H40N4/c1-15-13-17(3,4)21-12-8-10-20-16(2)14-18(5,6)22-11-7-9-19-15/h15-16,19-22H,7-14H2,1-6H3/t15-,16?/m1/s1. The molecule has 1 aliphatic heterocycles. The Morgan fingerprint density at radius 2 is 1.00 bits per heavy atom. The van der Waals surface area contributed by atoms with Crippen molar-refractivity contribution in [3.05, 3.63) is 0 Å². The molecule has 4 nitrogen and oxygen atoms in total. The van der Waals surface area contributed by atoms with Crippen molar-refractivity contribution in [3.8, 4) is 0 Å². The molecule has 0 saturated carbocycles. The molecule has 0 spiro atoms. The van der Waals surface area contributed by atoms with Gasteiger partial charge in [0, 0.05) is 23.2 Å². The third-order valence-electron chi connectivity index (χ3n) is 4.53. The summed E-state index contributed by atoms with van der Waals surface area (Å²) in [6.45, 7) is 18.2. The average Bonchev–Trinajstić information content (AvgIpc) is 2.35. The lowest BCUT2D eigenvalue weighted by Gasteiger charge is -2.32. The molecule has 4 N–H and O–H groups in total. The molecule has 1 rings (SSSR count). The van der Waals surface area contributed by atoms with Gasteiger partial charge in [0.1, 0.15) is 0 Å². The fourth-order valence-electron chi connectivity index (χ4n) is 3.55. The van der Waals surface area contributed by atoms with Crippen LogP contribution < -0.4 is 21.3 Å². The molecule has 0 radical (unpaired) electrons. The van der Waals surface area contributed by atoms with Crippen molar-refractivity contribution >= 4 is 0 Å². The molecule has 0 aromatic heterocycles. The lowest BCUT2D eigenvalue weighted by Crippen LogP contribution is -2.48. The van der Waals surface area contributed by atoms with E-state index in [1.165, 1.54) is 12.8 Å². The first-order valence-corrected chi connectivity index (χ1v) is 9.17. The van der Waals surface area contributed by atoms with Gasteiger partial charge in [0.15, 0.2) is 0 Å². The second-order valence-electron chi connectivity index (χ2n) is 8.45. The zero-order valence-corrected chi connectivity index (χ0v) is 15.8. The van der Waals surface area contributed by atoms with Gasteiger partial charge >= 0.3 is 0 Å². The van der Waals surface area contributed by atoms with Crippen molar-refractivity contribution in [1.29, 1.82) is 0 Å². The van der Waals surface area contributed by atoms with E-state index >= 15 is 0 Å². The monoisotopic (exact) mass is 312 g/mol. The van der Waals surface area contributed by atoms with E-state index in [0.717, 1.165) is 39.0 Å². The minimum atomic E-state index is 0.204. The predicted octanol–water partition coefficient (Wildman–Crippen LogP) is 2.25. The molecule has 132 valence electrons. The van der Waals surface area contributed by atoms with Crippen molar-refractivity contribution in [3.63, 3.8) is 0 Å². The summed E-state index contributed by atoms with van der Waals surface area (Å²) in [5.41, 5.74) is 0.407. The van der Waals surface area contributed by atoms with Crippen LogP contribution >= 0.6 is 0 Å². The van der Waals surface area contributed by atoms with Gasteiger partial charge in [-0.25, -0.2) is 0 Å². The third-order valence-corrected chi connectivity index (χ3v) is 4.53. The van der Waals surface area contributed by atoms with Crippen LogP contribution in [-0.2, 0) is 0 Å². The fourth-order valence-corrected chi connectivity index (χ4v) is 3.55. The molecule has 1 saturated heterocycles. The maximum atomic E-state index is 3.71. The summed E-state index contributed by atoms with van der Waals surface area (Å²) in [6.07, 6.45) is 4.69. The Kier molecular flexibility index (Phi) is 8.33. The zero-order valence-electron chi connectivity index (χ0n) is 15.8. The van der Waals surface area contributed by atoms with Crippen LogP contribution in [0.5, 0.6) is 0 Å². The van der Waals surface area contributed by atoms with Crippen molar-refractivity contribution < 1.29 is 0 Å². The van der Waals surface area contributed by atoms with Crippen LogP contribution in [0, 0.1) is 0 Å². The van der Waals surface area contributed by atoms with Crippen LogP contribution in [0.4, 0.5) is 0 Å². The summed E-state index contributed by atoms with van der Waals surface area (Å²) in [6, 6.07) is 1.11. The first-order chi connectivity index (χ1) is 10.2. The molecule has 4 heteroatoms. The van der Waals surface area contributed by atoms with Crippen LogP contribution in [0.1, 0.15) is 67.2 Å². The lowest BCUT2D eigenvalue weighted by molar-refractivity contribution is 0.294. The van der Waals surface area contributed by atoms with Crippen LogP contribution in [0.3, 0.4) is 0 Å². The Labute approximate surface area is 138 Å². The highest BCUT2D eigenvalue weighted by atomic mass is 15.0. The average molecular weight is 313 g/mol. The third kappa shape index (κ3) is 9.09. The topological polar surface area (TPSA) is 48.1 Å². The summed E-state index contributed by atoms with van der Waals surface area (Å²) in [4.78, 5) is 0. The van der Waals surface area contributed by atoms with Crippen molar-refractivity contribution in [2.75, 3.05) is 26.2 Å². The van der Waals surface area contributed by atoms with Gasteiger partial charge in [0.05, 0.1) is 0 Å². The van der Waals surface area contributed by atoms with Gasteiger partial charge < -0.3 is 21.3 Å². The quantitative estimate of drug-likeness (QED) is 0.554. The van der Waals surface area contributed by atoms with Gasteiger partial charge in [-0.2, -0.15) is 0 Å². The second-order valence-corrected chi connectivity index (χ2v) is 8.45. The molecule has 1 heterocycles. The SMILES string of the molecule is CC1CC(C)(C)NCCCN[C@H](C)CC(C)(C)NCCCN1. The van der Waals surface area contributed by atoms with Crippen molar-refractivity contribution in [2.45, 2.75) is 90.4 Å². The minimum absolute atomic E-state index is 0.204. The number of rotatable bonds is 0. The van der Waals surface area contributed by atoms with Gasteiger partial charge in [-0.1, -0.05) is 0 Å². The van der Waals surface area contributed by atoms with Gasteiger partial charge in [0.25, 0.3) is 0 Å². The molecule has 22 heavy (non-hydrogen) atoms. The fraction of sp³-hybridized carbons (Fsp3) is 1.00. The van der Waals surface area contributed by atoms with Gasteiger partial charge in [-0.3, -0.25) is 0 Å². The van der Waals surface area contributed by atoms with E-state index in [1.54, 1.807) is 0 Å². The van der Waals surface area contributed by atoms with Gasteiger partial charge in [0.2, 0.25) is 0 Å². The largest absolute Gasteiger partial charge is 0.314 e. The molecule has 1 unspecified atom stereocenters. The van der Waals surface area contributed by atoms with E-state index in [9.17, 15) is 0 Å². The summed E-state index contributed by atoms with van der Waals surface area (Å²) in [5, 5.41) is 14.7. The van der Waals surface area contributed by atoms with Crippen LogP contribution in [0.15, 0.2) is 0 Å². The maximum Gasteiger partial charge on any atom is 0.0139 e. The Balaban J connectivity index is 2.51. The van der Waals surface area contributed by atoms with E-state index in [1.807, 2.05) is 0 Å². The molecule has 0 aliphatic carbocycles. The summed E-state index contributed by atoms with van der Waals surface area (Å²) in [7, 11) is 0. The van der Waals surface area contributed by atoms with E-state index in [4.69, 9.17) is 0 Å². The molecule has 1 fully saturated rings. The Bertz CT molecular complexity index is 271. The molecular formula is C18H40N4. The van der Waals surface area contributed by atoms with Crippen molar-refractivity contribution in [2.24, 2.45) is 0 Å². The van der Waals surface area contributed by atoms with Gasteiger partial charge in [-0.05, 0) is 93.4 Å². The number of hydrogen-bond donors (Lipinski definition) is 4. The first kappa shape index (κ1) is 19.9. The van der Waals surface area contributed by atoms with Crippen LogP contribution in [0.2, 0.25) is 0 Å². The highest BCUT2D eigenvalue weighted by molar-refractivity contribution is 4.84. The number of hydrogen-bond acceptors (Lipinski definition) is 4. The van der Waals surface area contributed by atoms with Crippen LogP contribution in [0.25, 0.3) is 0 Å². The van der Waals surface area contributed by atoms with E-state index in [0.29, 0.717) is 12.1 Å². The number of nitrogens with one attached hydrogen (secondary N) is 4. The predicted molar refractivity (Wildman–Crippen MR) is 97.6 cm³/mol. The normalized spacial score (nSPS) is 32.5. The second kappa shape index (κ2) is 9.21. The lowest BCUT2D eigenvalue weighted by atomic mass is 9.95. The molecule has 0 bridgehead atoms. The molecule has 0 amide bonds. The molecule has 1 aliphatic rings.